The smallest absolute Gasteiger partial charge is 0.550 e. The number of aryl methyl sites for hydroxylation is 1. The van der Waals surface area contributed by atoms with Crippen molar-refractivity contribution in [2.75, 3.05) is 0 Å². The van der Waals surface area contributed by atoms with E-state index in [-0.39, 0.29) is 54.2 Å². The van der Waals surface area contributed by atoms with Gasteiger partial charge >= 0.3 is 29.6 Å². The predicted molar refractivity (Wildman–Crippen MR) is 130 cm³/mol. The molecule has 0 aliphatic rings. The Kier molecular flexibility index (Phi) is 11.9. The van der Waals surface area contributed by atoms with Crippen molar-refractivity contribution < 1.29 is 58.9 Å². The number of rotatable bonds is 12. The van der Waals surface area contributed by atoms with E-state index in [1.54, 1.807) is 0 Å². The average molecular weight is 520 g/mol. The van der Waals surface area contributed by atoms with Crippen LogP contribution in [0.1, 0.15) is 66.3 Å². The van der Waals surface area contributed by atoms with Crippen LogP contribution in [0.2, 0.25) is 0 Å². The fraction of sp³-hybridized carbons (Fsp3) is 0.370. The van der Waals surface area contributed by atoms with E-state index < -0.39 is 30.4 Å². The number of nitrogens with one attached hydrogen (secondary N) is 1. The third-order valence-corrected chi connectivity index (χ3v) is 5.82. The molecule has 10 heteroatoms. The van der Waals surface area contributed by atoms with Gasteiger partial charge < -0.3 is 25.4 Å². The van der Waals surface area contributed by atoms with Gasteiger partial charge in [0, 0.05) is 24.5 Å². The third-order valence-electron chi connectivity index (χ3n) is 5.82. The summed E-state index contributed by atoms with van der Waals surface area (Å²) in [6, 6.07) is 15.1. The molecule has 0 fully saturated rings. The van der Waals surface area contributed by atoms with E-state index >= 15 is 0 Å². The maximum absolute atomic E-state index is 13.6. The average Bonchev–Trinajstić information content (AvgIpc) is 3.22. The molecule has 0 saturated carbocycles. The van der Waals surface area contributed by atoms with Crippen LogP contribution < -0.4 is 40.0 Å². The largest absolute Gasteiger partial charge is 1.00 e. The van der Waals surface area contributed by atoms with Gasteiger partial charge in [0.05, 0.1) is 23.6 Å². The second-order valence-electron chi connectivity index (χ2n) is 9.08. The zero-order valence-corrected chi connectivity index (χ0v) is 23.4. The molecule has 0 aliphatic carbocycles. The number of halogens is 1. The molecule has 192 valence electrons. The summed E-state index contributed by atoms with van der Waals surface area (Å²) in [5.74, 6) is -2.23. The quantitative estimate of drug-likeness (QED) is 0.271. The Bertz CT molecular complexity index is 1170. The molecule has 3 N–H and O–H groups in total. The predicted octanol–water partition coefficient (Wildman–Crippen LogP) is -0.747. The molecule has 2 atom stereocenters. The first-order valence-corrected chi connectivity index (χ1v) is 11.9. The Hall–Kier alpha value is -2.56. The number of nitrogens with zero attached hydrogens (tertiary/aromatic N) is 2. The molecular weight excluding hydrogens is 488 g/mol. The van der Waals surface area contributed by atoms with E-state index in [9.17, 15) is 29.3 Å². The summed E-state index contributed by atoms with van der Waals surface area (Å²) in [5, 5.41) is 38.4. The Morgan fingerprint density at radius 2 is 1.70 bits per heavy atom. The number of benzene rings is 2. The van der Waals surface area contributed by atoms with Crippen molar-refractivity contribution in [1.82, 2.24) is 15.1 Å². The van der Waals surface area contributed by atoms with Gasteiger partial charge in [0.15, 0.2) is 0 Å². The molecule has 0 bridgehead atoms. The van der Waals surface area contributed by atoms with Gasteiger partial charge in [-0.05, 0) is 55.0 Å². The summed E-state index contributed by atoms with van der Waals surface area (Å²) in [6.45, 7) is 4.18. The van der Waals surface area contributed by atoms with Crippen LogP contribution in [0.4, 0.5) is 4.39 Å². The van der Waals surface area contributed by atoms with Crippen molar-refractivity contribution in [3.8, 4) is 5.69 Å². The first kappa shape index (κ1) is 30.7. The molecule has 0 saturated heterocycles. The topological polar surface area (TPSA) is 128 Å². The van der Waals surface area contributed by atoms with Crippen molar-refractivity contribution in [1.29, 1.82) is 0 Å². The van der Waals surface area contributed by atoms with E-state index in [2.05, 4.69) is 10.4 Å². The van der Waals surface area contributed by atoms with Gasteiger partial charge in [-0.15, -0.1) is 0 Å². The van der Waals surface area contributed by atoms with Gasteiger partial charge in [0.1, 0.15) is 11.5 Å². The molecule has 8 nitrogen and oxygen atoms in total. The Labute approximate surface area is 237 Å². The molecule has 3 rings (SSSR count). The van der Waals surface area contributed by atoms with Crippen LogP contribution >= 0.6 is 0 Å². The van der Waals surface area contributed by atoms with E-state index in [1.165, 1.54) is 28.9 Å². The fourth-order valence-corrected chi connectivity index (χ4v) is 4.13. The monoisotopic (exact) mass is 519 g/mol. The minimum absolute atomic E-state index is 0. The number of aliphatic hydroxyl groups excluding tert-OH is 2. The van der Waals surface area contributed by atoms with Crippen LogP contribution in [-0.4, -0.2) is 44.1 Å². The number of aliphatic carboxylic acids is 1. The number of hydrogen-bond donors (Lipinski definition) is 3. The van der Waals surface area contributed by atoms with Crippen LogP contribution in [0.5, 0.6) is 0 Å². The molecule has 1 aromatic heterocycles. The second-order valence-corrected chi connectivity index (χ2v) is 9.08. The molecule has 0 aliphatic heterocycles. The molecule has 1 amide bonds. The van der Waals surface area contributed by atoms with Crippen LogP contribution in [0, 0.1) is 5.82 Å². The first-order valence-electron chi connectivity index (χ1n) is 11.9. The van der Waals surface area contributed by atoms with Crippen molar-refractivity contribution in [2.45, 2.75) is 64.2 Å². The van der Waals surface area contributed by atoms with E-state index in [0.717, 1.165) is 5.56 Å². The molecule has 37 heavy (non-hydrogen) atoms. The van der Waals surface area contributed by atoms with E-state index in [1.807, 2.05) is 44.2 Å². The Morgan fingerprint density at radius 1 is 1.05 bits per heavy atom. The standard InChI is InChI=1S/C27H32FN3O5.Na/c1-17(2)25-23(13-12-21(32)14-22(33)15-24(34)35)30-31(20-10-8-19(28)9-11-20)26(25)27(36)29-16-18-6-4-3-5-7-18;/h3-11,17,21-22,32-33H,12-16H2,1-2H3,(H,29,36)(H,34,35);/q;+1/p-1/t21-,22-;/m1./s1. The van der Waals surface area contributed by atoms with Crippen molar-refractivity contribution in [3.05, 3.63) is 82.9 Å². The summed E-state index contributed by atoms with van der Waals surface area (Å²) in [6.07, 6.45) is -2.36. The number of carboxylic acid groups (broad SMARTS) is 1. The van der Waals surface area contributed by atoms with Gasteiger partial charge in [0.2, 0.25) is 0 Å². The second kappa shape index (κ2) is 14.4. The van der Waals surface area contributed by atoms with Gasteiger partial charge in [-0.2, -0.15) is 5.10 Å². The maximum atomic E-state index is 13.6. The maximum Gasteiger partial charge on any atom is 1.00 e. The summed E-state index contributed by atoms with van der Waals surface area (Å²) in [5.41, 5.74) is 3.07. The van der Waals surface area contributed by atoms with E-state index in [4.69, 9.17) is 0 Å². The van der Waals surface area contributed by atoms with Gasteiger partial charge in [-0.25, -0.2) is 9.07 Å². The summed E-state index contributed by atoms with van der Waals surface area (Å²) in [4.78, 5) is 24.1. The summed E-state index contributed by atoms with van der Waals surface area (Å²) < 4.78 is 15.1. The first-order chi connectivity index (χ1) is 17.2. The minimum atomic E-state index is -1.39. The van der Waals surface area contributed by atoms with Crippen LogP contribution in [0.3, 0.4) is 0 Å². The number of carboxylic acids is 1. The normalized spacial score (nSPS) is 12.6. The number of carbonyl (C=O) groups excluding carboxylic acids is 2. The SMILES string of the molecule is CC(C)c1c(CC[C@@H](O)C[C@@H](O)CC(=O)[O-])nn(-c2ccc(F)cc2)c1C(=O)NCc1ccccc1.[Na+]. The van der Waals surface area contributed by atoms with Crippen molar-refractivity contribution in [3.63, 3.8) is 0 Å². The van der Waals surface area contributed by atoms with Gasteiger partial charge in [0.25, 0.3) is 5.91 Å². The van der Waals surface area contributed by atoms with Crippen molar-refractivity contribution >= 4 is 11.9 Å². The number of aliphatic hydroxyl groups is 2. The molecule has 3 aromatic rings. The van der Waals surface area contributed by atoms with Gasteiger partial charge in [-0.3, -0.25) is 4.79 Å². The zero-order valence-electron chi connectivity index (χ0n) is 21.4. The van der Waals surface area contributed by atoms with Crippen LogP contribution in [0.15, 0.2) is 54.6 Å². The zero-order chi connectivity index (χ0) is 26.2. The summed E-state index contributed by atoms with van der Waals surface area (Å²) >= 11 is 0. The molecule has 2 aromatic carbocycles. The molecule has 1 heterocycles. The number of hydrogen-bond acceptors (Lipinski definition) is 6. The Morgan fingerprint density at radius 3 is 2.30 bits per heavy atom. The third kappa shape index (κ3) is 8.76. The minimum Gasteiger partial charge on any atom is -0.550 e. The number of carbonyl (C=O) groups is 2. The van der Waals surface area contributed by atoms with Crippen molar-refractivity contribution in [2.24, 2.45) is 0 Å². The van der Waals surface area contributed by atoms with E-state index in [0.29, 0.717) is 35.6 Å². The number of amides is 1. The molecular formula is C27H31FN3NaO5. The summed E-state index contributed by atoms with van der Waals surface area (Å²) in [7, 11) is 0. The molecule has 0 spiro atoms. The molecule has 0 unspecified atom stereocenters. The number of aromatic nitrogens is 2. The fourth-order valence-electron chi connectivity index (χ4n) is 4.13. The van der Waals surface area contributed by atoms with Crippen LogP contribution in [-0.2, 0) is 17.8 Å². The van der Waals surface area contributed by atoms with Gasteiger partial charge in [-0.1, -0.05) is 44.2 Å². The van der Waals surface area contributed by atoms with Crippen LogP contribution in [0.25, 0.3) is 5.69 Å². The Balaban J connectivity index is 0.00000481. The molecule has 0 radical (unpaired) electrons.